The van der Waals surface area contributed by atoms with E-state index in [2.05, 4.69) is 32.7 Å². The van der Waals surface area contributed by atoms with Crippen molar-refractivity contribution < 1.29 is 23.6 Å². The van der Waals surface area contributed by atoms with Crippen LogP contribution in [0.25, 0.3) is 0 Å². The van der Waals surface area contributed by atoms with Gasteiger partial charge in [0.05, 0.1) is 11.9 Å². The molecule has 2 aromatic heterocycles. The van der Waals surface area contributed by atoms with Gasteiger partial charge < -0.3 is 20.4 Å². The molecule has 3 aromatic rings. The Morgan fingerprint density at radius 1 is 0.904 bits per heavy atom. The minimum atomic E-state index is -0.990. The Bertz CT molecular complexity index is 1710. The Labute approximate surface area is 305 Å². The Kier molecular flexibility index (Phi) is 12.5. The molecular weight excluding hydrogens is 665 g/mol. The van der Waals surface area contributed by atoms with Crippen LogP contribution in [0.3, 0.4) is 0 Å². The van der Waals surface area contributed by atoms with E-state index in [0.29, 0.717) is 55.6 Å². The largest absolute Gasteiger partial charge is 0.338 e. The molecule has 13 nitrogen and oxygen atoms in total. The van der Waals surface area contributed by atoms with Crippen LogP contribution in [-0.4, -0.2) is 98.8 Å². The first-order valence-corrected chi connectivity index (χ1v) is 18.5. The average Bonchev–Trinajstić information content (AvgIpc) is 3.82. The predicted molar refractivity (Wildman–Crippen MR) is 197 cm³/mol. The second kappa shape index (κ2) is 16.8. The molecule has 52 heavy (non-hydrogen) atoms. The van der Waals surface area contributed by atoms with Crippen LogP contribution in [0.15, 0.2) is 42.7 Å². The molecular formula is C38H54FN9O4. The van der Waals surface area contributed by atoms with Crippen LogP contribution in [-0.2, 0) is 14.4 Å². The first kappa shape index (κ1) is 38.6. The van der Waals surface area contributed by atoms with Gasteiger partial charge in [0.15, 0.2) is 0 Å². The van der Waals surface area contributed by atoms with E-state index in [0.717, 1.165) is 25.7 Å². The average molecular weight is 720 g/mol. The normalized spacial score (nSPS) is 20.0. The number of nitrogens with one attached hydrogen (secondary N) is 2. The van der Waals surface area contributed by atoms with Crippen molar-refractivity contribution >= 4 is 35.6 Å². The predicted octanol–water partition coefficient (Wildman–Crippen LogP) is 4.85. The molecule has 0 bridgehead atoms. The quantitative estimate of drug-likeness (QED) is 0.241. The van der Waals surface area contributed by atoms with E-state index in [1.54, 1.807) is 51.8 Å². The smallest absolute Gasteiger partial charge is 0.270 e. The molecule has 2 fully saturated rings. The number of carbonyl (C=O) groups is 4. The van der Waals surface area contributed by atoms with E-state index >= 15 is 4.39 Å². The van der Waals surface area contributed by atoms with Crippen molar-refractivity contribution in [3.05, 3.63) is 59.8 Å². The lowest BCUT2D eigenvalue weighted by Crippen LogP contribution is -2.56. The molecule has 3 atom stereocenters. The summed E-state index contributed by atoms with van der Waals surface area (Å²) in [4.78, 5) is 59.7. The van der Waals surface area contributed by atoms with E-state index in [4.69, 9.17) is 0 Å². The van der Waals surface area contributed by atoms with E-state index in [1.165, 1.54) is 17.0 Å². The number of carbonyl (C=O) groups excluding carboxylic acids is 4. The number of amides is 4. The van der Waals surface area contributed by atoms with Gasteiger partial charge in [-0.15, -0.1) is 0 Å². The monoisotopic (exact) mass is 719 g/mol. The van der Waals surface area contributed by atoms with Gasteiger partial charge in [0, 0.05) is 56.4 Å². The summed E-state index contributed by atoms with van der Waals surface area (Å²) in [6, 6.07) is 5.78. The Morgan fingerprint density at radius 3 is 2.15 bits per heavy atom. The highest BCUT2D eigenvalue weighted by molar-refractivity contribution is 6.00. The summed E-state index contributed by atoms with van der Waals surface area (Å²) >= 11 is 0. The van der Waals surface area contributed by atoms with E-state index in [9.17, 15) is 19.2 Å². The van der Waals surface area contributed by atoms with Gasteiger partial charge in [-0.05, 0) is 83.2 Å². The molecule has 1 saturated carbocycles. The molecule has 14 heteroatoms. The van der Waals surface area contributed by atoms with Crippen molar-refractivity contribution in [2.45, 2.75) is 97.3 Å². The fraction of sp³-hybridized carbons (Fsp3) is 0.579. The summed E-state index contributed by atoms with van der Waals surface area (Å²) in [5.41, 5.74) is 0.768. The fourth-order valence-electron chi connectivity index (χ4n) is 7.40. The maximum Gasteiger partial charge on any atom is 0.270 e. The molecule has 1 aliphatic carbocycles. The Morgan fingerprint density at radius 2 is 1.54 bits per heavy atom. The molecule has 1 saturated heterocycles. The second-order valence-electron chi connectivity index (χ2n) is 15.1. The third-order valence-corrected chi connectivity index (χ3v) is 10.6. The maximum absolute atomic E-state index is 16.0. The van der Waals surface area contributed by atoms with Crippen molar-refractivity contribution in [3.63, 3.8) is 0 Å². The van der Waals surface area contributed by atoms with Crippen molar-refractivity contribution in [3.8, 4) is 0 Å². The van der Waals surface area contributed by atoms with Gasteiger partial charge in [-0.1, -0.05) is 32.8 Å². The fourth-order valence-corrected chi connectivity index (χ4v) is 7.40. The summed E-state index contributed by atoms with van der Waals surface area (Å²) in [5, 5.41) is 14.4. The highest BCUT2D eigenvalue weighted by atomic mass is 19.1. The van der Waals surface area contributed by atoms with Crippen LogP contribution in [0.1, 0.15) is 101 Å². The van der Waals surface area contributed by atoms with Gasteiger partial charge in [0.25, 0.3) is 5.91 Å². The first-order chi connectivity index (χ1) is 24.8. The van der Waals surface area contributed by atoms with Gasteiger partial charge in [-0.3, -0.25) is 28.8 Å². The number of anilines is 2. The SMILES string of the molecule is CC1CCC([C@@H](C(=O)Nc2ccc([C@H](C)[C@@H](NC(=O)c3ccnn3C(C)C)C(=O)N3CCN(C)CC3)cc2F)N(C=O)c2ccnn2C(C)C)CC1. The molecule has 3 heterocycles. The lowest BCUT2D eigenvalue weighted by atomic mass is 9.78. The maximum atomic E-state index is 16.0. The highest BCUT2D eigenvalue weighted by Crippen LogP contribution is 2.35. The van der Waals surface area contributed by atoms with Crippen LogP contribution in [0.4, 0.5) is 15.9 Å². The summed E-state index contributed by atoms with van der Waals surface area (Å²) < 4.78 is 19.3. The molecule has 2 N–H and O–H groups in total. The first-order valence-electron chi connectivity index (χ1n) is 18.5. The summed E-state index contributed by atoms with van der Waals surface area (Å²) in [7, 11) is 1.99. The van der Waals surface area contributed by atoms with Crippen molar-refractivity contribution in [2.75, 3.05) is 43.4 Å². The third-order valence-electron chi connectivity index (χ3n) is 10.6. The number of halogens is 1. The number of benzene rings is 1. The zero-order valence-corrected chi connectivity index (χ0v) is 31.5. The molecule has 282 valence electrons. The molecule has 0 unspecified atom stereocenters. The van der Waals surface area contributed by atoms with E-state index in [-0.39, 0.29) is 29.6 Å². The summed E-state index contributed by atoms with van der Waals surface area (Å²) in [6.07, 6.45) is 7.18. The van der Waals surface area contributed by atoms with Gasteiger partial charge >= 0.3 is 0 Å². The molecule has 5 rings (SSSR count). The Hall–Kier alpha value is -4.59. The molecule has 1 aromatic carbocycles. The minimum Gasteiger partial charge on any atom is -0.338 e. The van der Waals surface area contributed by atoms with Crippen LogP contribution < -0.4 is 15.5 Å². The zero-order chi connectivity index (χ0) is 37.7. The minimum absolute atomic E-state index is 0.0369. The number of likely N-dealkylation sites (N-methyl/N-ethyl adjacent to an activating group) is 1. The van der Waals surface area contributed by atoms with Gasteiger partial charge in [-0.25, -0.2) is 9.07 Å². The molecule has 0 radical (unpaired) electrons. The van der Waals surface area contributed by atoms with Crippen molar-refractivity contribution in [2.24, 2.45) is 11.8 Å². The number of hydrogen-bond donors (Lipinski definition) is 2. The van der Waals surface area contributed by atoms with Gasteiger partial charge in [0.2, 0.25) is 18.2 Å². The van der Waals surface area contributed by atoms with Crippen LogP contribution in [0.2, 0.25) is 0 Å². The highest BCUT2D eigenvalue weighted by Gasteiger charge is 2.38. The van der Waals surface area contributed by atoms with Gasteiger partial charge in [-0.2, -0.15) is 10.2 Å². The number of piperazine rings is 1. The van der Waals surface area contributed by atoms with Crippen LogP contribution >= 0.6 is 0 Å². The number of hydrogen-bond acceptors (Lipinski definition) is 7. The second-order valence-corrected chi connectivity index (χ2v) is 15.1. The van der Waals surface area contributed by atoms with Crippen molar-refractivity contribution in [1.29, 1.82) is 0 Å². The van der Waals surface area contributed by atoms with Gasteiger partial charge in [0.1, 0.15) is 29.4 Å². The number of aromatic nitrogens is 4. The van der Waals surface area contributed by atoms with E-state index < -0.39 is 35.6 Å². The van der Waals surface area contributed by atoms with Crippen LogP contribution in [0, 0.1) is 17.7 Å². The van der Waals surface area contributed by atoms with Crippen molar-refractivity contribution in [1.82, 2.24) is 34.7 Å². The molecule has 0 spiro atoms. The zero-order valence-electron chi connectivity index (χ0n) is 31.5. The molecule has 1 aliphatic heterocycles. The lowest BCUT2D eigenvalue weighted by Gasteiger charge is -2.37. The summed E-state index contributed by atoms with van der Waals surface area (Å²) in [6.45, 7) is 14.1. The number of nitrogens with zero attached hydrogens (tertiary/aromatic N) is 7. The molecule has 4 amide bonds. The van der Waals surface area contributed by atoms with Crippen LogP contribution in [0.5, 0.6) is 0 Å². The molecule has 2 aliphatic rings. The number of rotatable bonds is 13. The lowest BCUT2D eigenvalue weighted by molar-refractivity contribution is -0.135. The summed E-state index contributed by atoms with van der Waals surface area (Å²) in [5.74, 6) is -1.59. The topological polar surface area (TPSA) is 138 Å². The standard InChI is InChI=1S/C38H54FN9O4/c1-24(2)47-32(14-16-40-47)36(50)43-34(38(52)45-20-18-44(7)19-21-45)27(6)29-12-13-31(30(39)22-29)42-37(51)35(28-10-8-26(5)9-11-28)46(23-49)33-15-17-41-48(33)25(3)4/h12-17,22-28,34-35H,8-11,18-21H2,1-7H3,(H,42,51)(H,43,50)/t26?,27-,28?,34+,35-/m0/s1. The third kappa shape index (κ3) is 8.54. The van der Waals surface area contributed by atoms with E-state index in [1.807, 2.05) is 34.7 Å². The Balaban J connectivity index is 1.41.